The van der Waals surface area contributed by atoms with Crippen molar-refractivity contribution in [3.05, 3.63) is 40.5 Å². The Morgan fingerprint density at radius 1 is 1.22 bits per heavy atom. The van der Waals surface area contributed by atoms with Crippen molar-refractivity contribution in [2.24, 2.45) is 0 Å². The van der Waals surface area contributed by atoms with Crippen molar-refractivity contribution in [1.82, 2.24) is 9.97 Å². The fourth-order valence-electron chi connectivity index (χ4n) is 1.73. The zero-order valence-corrected chi connectivity index (χ0v) is 11.5. The number of halogens is 1. The van der Waals surface area contributed by atoms with E-state index in [2.05, 4.69) is 22.2 Å². The van der Waals surface area contributed by atoms with Crippen LogP contribution in [0.4, 0.5) is 5.82 Å². The van der Waals surface area contributed by atoms with Crippen molar-refractivity contribution < 1.29 is 0 Å². The summed E-state index contributed by atoms with van der Waals surface area (Å²) in [7, 11) is 0. The number of aromatic nitrogens is 2. The Hall–Kier alpha value is -1.61. The van der Waals surface area contributed by atoms with Crippen molar-refractivity contribution in [1.29, 1.82) is 0 Å². The van der Waals surface area contributed by atoms with Crippen LogP contribution in [0, 0.1) is 13.8 Å². The highest BCUT2D eigenvalue weighted by molar-refractivity contribution is 6.30. The van der Waals surface area contributed by atoms with Crippen molar-refractivity contribution in [3.8, 4) is 11.4 Å². The molecule has 18 heavy (non-hydrogen) atoms. The molecule has 0 unspecified atom stereocenters. The molecule has 1 aromatic carbocycles. The first-order chi connectivity index (χ1) is 8.61. The Kier molecular flexibility index (Phi) is 3.82. The minimum Gasteiger partial charge on any atom is -0.370 e. The molecule has 0 saturated heterocycles. The average Bonchev–Trinajstić information content (AvgIpc) is 2.35. The number of hydrogen-bond acceptors (Lipinski definition) is 3. The van der Waals surface area contributed by atoms with Gasteiger partial charge in [0.2, 0.25) is 0 Å². The van der Waals surface area contributed by atoms with Crippen LogP contribution in [0.3, 0.4) is 0 Å². The largest absolute Gasteiger partial charge is 0.370 e. The predicted molar refractivity (Wildman–Crippen MR) is 76.1 cm³/mol. The Bertz CT molecular complexity index is 567. The molecular weight excluding hydrogens is 246 g/mol. The Balaban J connectivity index is 2.51. The van der Waals surface area contributed by atoms with Crippen molar-refractivity contribution in [2.75, 3.05) is 11.9 Å². The highest BCUT2D eigenvalue weighted by atomic mass is 35.5. The Morgan fingerprint density at radius 2 is 2.00 bits per heavy atom. The van der Waals surface area contributed by atoms with Gasteiger partial charge in [0.1, 0.15) is 5.82 Å². The highest BCUT2D eigenvalue weighted by Crippen LogP contribution is 2.23. The number of rotatable bonds is 3. The fraction of sp³-hybridized carbons (Fsp3) is 0.286. The predicted octanol–water partition coefficient (Wildman–Crippen LogP) is 3.85. The number of benzene rings is 1. The summed E-state index contributed by atoms with van der Waals surface area (Å²) in [4.78, 5) is 9.07. The summed E-state index contributed by atoms with van der Waals surface area (Å²) in [6.45, 7) is 6.91. The van der Waals surface area contributed by atoms with Gasteiger partial charge in [0.05, 0.1) is 0 Å². The first-order valence-electron chi connectivity index (χ1n) is 5.97. The number of hydrogen-bond donors (Lipinski definition) is 1. The number of nitrogens with one attached hydrogen (secondary N) is 1. The van der Waals surface area contributed by atoms with E-state index >= 15 is 0 Å². The van der Waals surface area contributed by atoms with Gasteiger partial charge < -0.3 is 5.32 Å². The molecular formula is C14H16ClN3. The molecule has 3 nitrogen and oxygen atoms in total. The maximum atomic E-state index is 6.00. The van der Waals surface area contributed by atoms with Crippen LogP contribution in [0.5, 0.6) is 0 Å². The van der Waals surface area contributed by atoms with Crippen molar-refractivity contribution in [2.45, 2.75) is 20.8 Å². The summed E-state index contributed by atoms with van der Waals surface area (Å²) in [6, 6.07) is 7.59. The Morgan fingerprint density at radius 3 is 2.67 bits per heavy atom. The molecule has 94 valence electrons. The van der Waals surface area contributed by atoms with Crippen LogP contribution in [0.25, 0.3) is 11.4 Å². The van der Waals surface area contributed by atoms with Gasteiger partial charge in [-0.2, -0.15) is 0 Å². The third-order valence-electron chi connectivity index (χ3n) is 2.82. The van der Waals surface area contributed by atoms with Gasteiger partial charge >= 0.3 is 0 Å². The summed E-state index contributed by atoms with van der Waals surface area (Å²) in [5.74, 6) is 1.59. The minimum atomic E-state index is 0.694. The van der Waals surface area contributed by atoms with Crippen LogP contribution in [0.15, 0.2) is 24.3 Å². The SMILES string of the molecule is CCNc1nc(-c2cccc(Cl)c2)nc(C)c1C. The summed E-state index contributed by atoms with van der Waals surface area (Å²) < 4.78 is 0. The van der Waals surface area contributed by atoms with Crippen LogP contribution in [0.1, 0.15) is 18.2 Å². The van der Waals surface area contributed by atoms with Crippen LogP contribution < -0.4 is 5.32 Å². The molecule has 0 atom stereocenters. The van der Waals surface area contributed by atoms with Crippen molar-refractivity contribution >= 4 is 17.4 Å². The van der Waals surface area contributed by atoms with E-state index < -0.39 is 0 Å². The molecule has 0 aliphatic heterocycles. The summed E-state index contributed by atoms with van der Waals surface area (Å²) >= 11 is 6.00. The number of nitrogens with zero attached hydrogens (tertiary/aromatic N) is 2. The third-order valence-corrected chi connectivity index (χ3v) is 3.05. The first-order valence-corrected chi connectivity index (χ1v) is 6.34. The maximum Gasteiger partial charge on any atom is 0.161 e. The maximum absolute atomic E-state index is 6.00. The second-order valence-corrected chi connectivity index (χ2v) is 4.58. The average molecular weight is 262 g/mol. The summed E-state index contributed by atoms with van der Waals surface area (Å²) in [6.07, 6.45) is 0. The molecule has 0 spiro atoms. The zero-order valence-electron chi connectivity index (χ0n) is 10.8. The molecule has 1 N–H and O–H groups in total. The molecule has 2 rings (SSSR count). The topological polar surface area (TPSA) is 37.8 Å². The molecule has 1 aromatic heterocycles. The second-order valence-electron chi connectivity index (χ2n) is 4.15. The zero-order chi connectivity index (χ0) is 13.1. The van der Waals surface area contributed by atoms with Gasteiger partial charge in [-0.15, -0.1) is 0 Å². The van der Waals surface area contributed by atoms with E-state index in [-0.39, 0.29) is 0 Å². The monoisotopic (exact) mass is 261 g/mol. The van der Waals surface area contributed by atoms with E-state index in [9.17, 15) is 0 Å². The van der Waals surface area contributed by atoms with E-state index in [0.717, 1.165) is 29.2 Å². The molecule has 0 amide bonds. The molecule has 0 fully saturated rings. The van der Waals surface area contributed by atoms with Gasteiger partial charge in [0.25, 0.3) is 0 Å². The molecule has 0 aliphatic carbocycles. The smallest absolute Gasteiger partial charge is 0.161 e. The summed E-state index contributed by atoms with van der Waals surface area (Å²) in [5.41, 5.74) is 3.00. The van der Waals surface area contributed by atoms with Gasteiger partial charge in [-0.1, -0.05) is 23.7 Å². The molecule has 0 saturated carbocycles. The van der Waals surface area contributed by atoms with Gasteiger partial charge in [-0.05, 0) is 32.9 Å². The van der Waals surface area contributed by atoms with Crippen LogP contribution >= 0.6 is 11.6 Å². The van der Waals surface area contributed by atoms with Gasteiger partial charge in [-0.25, -0.2) is 9.97 Å². The fourth-order valence-corrected chi connectivity index (χ4v) is 1.92. The molecule has 2 aromatic rings. The normalized spacial score (nSPS) is 10.4. The Labute approximate surface area is 112 Å². The number of aryl methyl sites for hydroxylation is 1. The van der Waals surface area contributed by atoms with E-state index in [4.69, 9.17) is 11.6 Å². The minimum absolute atomic E-state index is 0.694. The second kappa shape index (κ2) is 5.36. The quantitative estimate of drug-likeness (QED) is 0.912. The van der Waals surface area contributed by atoms with E-state index in [1.807, 2.05) is 38.1 Å². The van der Waals surface area contributed by atoms with E-state index in [1.54, 1.807) is 0 Å². The molecule has 0 aliphatic rings. The molecule has 4 heteroatoms. The third kappa shape index (κ3) is 2.62. The lowest BCUT2D eigenvalue weighted by Gasteiger charge is -2.11. The van der Waals surface area contributed by atoms with Crippen molar-refractivity contribution in [3.63, 3.8) is 0 Å². The highest BCUT2D eigenvalue weighted by Gasteiger charge is 2.09. The van der Waals surface area contributed by atoms with E-state index in [1.165, 1.54) is 0 Å². The van der Waals surface area contributed by atoms with Gasteiger partial charge in [0, 0.05) is 28.4 Å². The van der Waals surface area contributed by atoms with Crippen LogP contribution in [-0.2, 0) is 0 Å². The first kappa shape index (κ1) is 12.8. The summed E-state index contributed by atoms with van der Waals surface area (Å²) in [5, 5.41) is 3.95. The van der Waals surface area contributed by atoms with Crippen LogP contribution in [0.2, 0.25) is 5.02 Å². The van der Waals surface area contributed by atoms with E-state index in [0.29, 0.717) is 10.8 Å². The van der Waals surface area contributed by atoms with Crippen LogP contribution in [-0.4, -0.2) is 16.5 Å². The van der Waals surface area contributed by atoms with Gasteiger partial charge in [0.15, 0.2) is 5.82 Å². The lowest BCUT2D eigenvalue weighted by molar-refractivity contribution is 1.05. The van der Waals surface area contributed by atoms with Gasteiger partial charge in [-0.3, -0.25) is 0 Å². The standard InChI is InChI=1S/C14H16ClN3/c1-4-16-13-9(2)10(3)17-14(18-13)11-6-5-7-12(15)8-11/h5-8H,4H2,1-3H3,(H,16,17,18). The lowest BCUT2D eigenvalue weighted by Crippen LogP contribution is -2.06. The number of anilines is 1. The molecule has 1 heterocycles. The lowest BCUT2D eigenvalue weighted by atomic mass is 10.2. The molecule has 0 radical (unpaired) electrons. The molecule has 0 bridgehead atoms.